The van der Waals surface area contributed by atoms with Gasteiger partial charge in [0.15, 0.2) is 0 Å². The summed E-state index contributed by atoms with van der Waals surface area (Å²) in [5.74, 6) is 0.274. The molecular weight excluding hydrogens is 270 g/mol. The number of methoxy groups -OCH3 is 1. The van der Waals surface area contributed by atoms with E-state index in [4.69, 9.17) is 15.1 Å². The standard InChI is InChI=1S/C15H19N3O3/c1-11(19)8-17-10-13(7-16)15(20)18-9-12-3-5-14(21-2)6-4-12/h3-6,10-11,17,19H,8-9H2,1-2H3,(H,18,20)/b13-10-. The fraction of sp³-hybridized carbons (Fsp3) is 0.333. The van der Waals surface area contributed by atoms with Gasteiger partial charge in [-0.1, -0.05) is 12.1 Å². The van der Waals surface area contributed by atoms with Gasteiger partial charge >= 0.3 is 0 Å². The molecule has 1 rings (SSSR count). The van der Waals surface area contributed by atoms with Crippen molar-refractivity contribution in [3.05, 3.63) is 41.6 Å². The van der Waals surface area contributed by atoms with Crippen molar-refractivity contribution in [2.75, 3.05) is 13.7 Å². The molecule has 1 unspecified atom stereocenters. The number of carbonyl (C=O) groups excluding carboxylic acids is 1. The molecule has 3 N–H and O–H groups in total. The lowest BCUT2D eigenvalue weighted by Gasteiger charge is -2.07. The van der Waals surface area contributed by atoms with E-state index in [2.05, 4.69) is 10.6 Å². The number of nitrogens with one attached hydrogen (secondary N) is 2. The largest absolute Gasteiger partial charge is 0.497 e. The third-order valence-electron chi connectivity index (χ3n) is 2.64. The van der Waals surface area contributed by atoms with Gasteiger partial charge in [-0.05, 0) is 24.6 Å². The predicted molar refractivity (Wildman–Crippen MR) is 78.2 cm³/mol. The number of ether oxygens (including phenoxy) is 1. The molecule has 0 radical (unpaired) electrons. The molecule has 6 nitrogen and oxygen atoms in total. The van der Waals surface area contributed by atoms with Crippen molar-refractivity contribution in [2.24, 2.45) is 0 Å². The Morgan fingerprint density at radius 3 is 2.67 bits per heavy atom. The summed E-state index contributed by atoms with van der Waals surface area (Å²) in [7, 11) is 1.58. The van der Waals surface area contributed by atoms with Crippen LogP contribution in [0.5, 0.6) is 5.75 Å². The Bertz CT molecular complexity index is 530. The monoisotopic (exact) mass is 289 g/mol. The van der Waals surface area contributed by atoms with Crippen molar-refractivity contribution in [1.29, 1.82) is 5.26 Å². The van der Waals surface area contributed by atoms with E-state index in [0.29, 0.717) is 6.54 Å². The second-order valence-electron chi connectivity index (χ2n) is 4.46. The van der Waals surface area contributed by atoms with E-state index in [9.17, 15) is 4.79 Å². The van der Waals surface area contributed by atoms with E-state index in [1.807, 2.05) is 18.2 Å². The van der Waals surface area contributed by atoms with Crippen LogP contribution in [0.3, 0.4) is 0 Å². The minimum atomic E-state index is -0.552. The second-order valence-corrected chi connectivity index (χ2v) is 4.46. The molecule has 0 saturated carbocycles. The molecule has 0 fully saturated rings. The third kappa shape index (κ3) is 5.97. The van der Waals surface area contributed by atoms with Crippen molar-refractivity contribution in [3.63, 3.8) is 0 Å². The fourth-order valence-electron chi connectivity index (χ4n) is 1.50. The quantitative estimate of drug-likeness (QED) is 0.507. The zero-order valence-corrected chi connectivity index (χ0v) is 12.1. The smallest absolute Gasteiger partial charge is 0.263 e. The molecule has 1 aromatic rings. The van der Waals surface area contributed by atoms with Gasteiger partial charge in [0.05, 0.1) is 13.2 Å². The maximum atomic E-state index is 11.8. The molecule has 0 aliphatic heterocycles. The summed E-state index contributed by atoms with van der Waals surface area (Å²) in [6, 6.07) is 9.08. The first-order valence-corrected chi connectivity index (χ1v) is 6.49. The molecule has 1 aromatic carbocycles. The van der Waals surface area contributed by atoms with E-state index in [1.54, 1.807) is 26.2 Å². The topological polar surface area (TPSA) is 94.4 Å². The van der Waals surface area contributed by atoms with Crippen molar-refractivity contribution >= 4 is 5.91 Å². The zero-order valence-electron chi connectivity index (χ0n) is 12.1. The van der Waals surface area contributed by atoms with E-state index in [-0.39, 0.29) is 12.1 Å². The Morgan fingerprint density at radius 1 is 1.48 bits per heavy atom. The third-order valence-corrected chi connectivity index (χ3v) is 2.64. The van der Waals surface area contributed by atoms with Crippen LogP contribution in [0.1, 0.15) is 12.5 Å². The van der Waals surface area contributed by atoms with Gasteiger partial charge in [-0.15, -0.1) is 0 Å². The van der Waals surface area contributed by atoms with Crippen LogP contribution in [0, 0.1) is 11.3 Å². The van der Waals surface area contributed by atoms with Gasteiger partial charge < -0.3 is 20.5 Å². The van der Waals surface area contributed by atoms with Crippen molar-refractivity contribution in [1.82, 2.24) is 10.6 Å². The lowest BCUT2D eigenvalue weighted by Crippen LogP contribution is -2.26. The molecule has 1 amide bonds. The van der Waals surface area contributed by atoms with E-state index in [1.165, 1.54) is 6.20 Å². The molecule has 0 aliphatic carbocycles. The van der Waals surface area contributed by atoms with Gasteiger partial charge in [-0.3, -0.25) is 4.79 Å². The highest BCUT2D eigenvalue weighted by Crippen LogP contribution is 2.11. The molecule has 0 heterocycles. The van der Waals surface area contributed by atoms with Crippen LogP contribution in [0.15, 0.2) is 36.0 Å². The van der Waals surface area contributed by atoms with Crippen LogP contribution in [0.4, 0.5) is 0 Å². The molecule has 0 aliphatic rings. The normalized spacial score (nSPS) is 12.2. The molecule has 0 saturated heterocycles. The van der Waals surface area contributed by atoms with Crippen molar-refractivity contribution < 1.29 is 14.6 Å². The molecule has 0 aromatic heterocycles. The van der Waals surface area contributed by atoms with Gasteiger partial charge in [0, 0.05) is 19.3 Å². The highest BCUT2D eigenvalue weighted by molar-refractivity contribution is 5.97. The van der Waals surface area contributed by atoms with Gasteiger partial charge in [0.2, 0.25) is 0 Å². The average Bonchev–Trinajstić information content (AvgIpc) is 2.49. The average molecular weight is 289 g/mol. The van der Waals surface area contributed by atoms with Gasteiger partial charge in [-0.25, -0.2) is 0 Å². The van der Waals surface area contributed by atoms with Gasteiger partial charge in [-0.2, -0.15) is 5.26 Å². The molecule has 112 valence electrons. The number of aliphatic hydroxyl groups is 1. The number of hydrogen-bond acceptors (Lipinski definition) is 5. The summed E-state index contributed by atoms with van der Waals surface area (Å²) in [5, 5.41) is 23.4. The number of rotatable bonds is 7. The van der Waals surface area contributed by atoms with Crippen LogP contribution < -0.4 is 15.4 Å². The Balaban J connectivity index is 2.52. The minimum absolute atomic E-state index is 0.0378. The van der Waals surface area contributed by atoms with Gasteiger partial charge in [0.1, 0.15) is 17.4 Å². The summed E-state index contributed by atoms with van der Waals surface area (Å²) >= 11 is 0. The first-order valence-electron chi connectivity index (χ1n) is 6.49. The molecule has 1 atom stereocenters. The molecular formula is C15H19N3O3. The molecule has 21 heavy (non-hydrogen) atoms. The van der Waals surface area contributed by atoms with Crippen LogP contribution >= 0.6 is 0 Å². The number of hydrogen-bond donors (Lipinski definition) is 3. The lowest BCUT2D eigenvalue weighted by atomic mass is 10.2. The van der Waals surface area contributed by atoms with E-state index >= 15 is 0 Å². The van der Waals surface area contributed by atoms with E-state index < -0.39 is 12.0 Å². The Morgan fingerprint density at radius 2 is 2.14 bits per heavy atom. The Kier molecular flexibility index (Phi) is 6.78. The number of amides is 1. The highest BCUT2D eigenvalue weighted by atomic mass is 16.5. The Hall–Kier alpha value is -2.52. The highest BCUT2D eigenvalue weighted by Gasteiger charge is 2.08. The van der Waals surface area contributed by atoms with Crippen molar-refractivity contribution in [3.8, 4) is 11.8 Å². The number of aliphatic hydroxyl groups excluding tert-OH is 1. The molecule has 0 spiro atoms. The van der Waals surface area contributed by atoms with E-state index in [0.717, 1.165) is 11.3 Å². The number of carbonyl (C=O) groups is 1. The number of nitrogens with zero attached hydrogens (tertiary/aromatic N) is 1. The first-order chi connectivity index (χ1) is 10.1. The minimum Gasteiger partial charge on any atom is -0.497 e. The van der Waals surface area contributed by atoms with Crippen LogP contribution in [0.25, 0.3) is 0 Å². The van der Waals surface area contributed by atoms with Crippen LogP contribution in [0.2, 0.25) is 0 Å². The summed E-state index contributed by atoms with van der Waals surface area (Å²) in [4.78, 5) is 11.8. The zero-order chi connectivity index (χ0) is 15.7. The van der Waals surface area contributed by atoms with Crippen molar-refractivity contribution in [2.45, 2.75) is 19.6 Å². The predicted octanol–water partition coefficient (Wildman–Crippen LogP) is 0.689. The maximum Gasteiger partial charge on any atom is 0.263 e. The lowest BCUT2D eigenvalue weighted by molar-refractivity contribution is -0.117. The van der Waals surface area contributed by atoms with Crippen LogP contribution in [-0.4, -0.2) is 30.8 Å². The summed E-state index contributed by atoms with van der Waals surface area (Å²) in [6.07, 6.45) is 0.749. The van der Waals surface area contributed by atoms with Crippen LogP contribution in [-0.2, 0) is 11.3 Å². The maximum absolute atomic E-state index is 11.8. The second kappa shape index (κ2) is 8.61. The SMILES string of the molecule is COc1ccc(CNC(=O)/C(C#N)=C\NCC(C)O)cc1. The summed E-state index contributed by atoms with van der Waals surface area (Å²) in [5.41, 5.74) is 0.863. The Labute approximate surface area is 124 Å². The summed E-state index contributed by atoms with van der Waals surface area (Å²) < 4.78 is 5.05. The number of benzene rings is 1. The number of nitriles is 1. The molecule has 6 heteroatoms. The fourth-order valence-corrected chi connectivity index (χ4v) is 1.50. The van der Waals surface area contributed by atoms with Gasteiger partial charge in [0.25, 0.3) is 5.91 Å². The molecule has 0 bridgehead atoms. The summed E-state index contributed by atoms with van der Waals surface area (Å²) in [6.45, 7) is 2.20. The first kappa shape index (κ1) is 16.5.